The molecule has 2 aromatic rings. The third kappa shape index (κ3) is 3.41. The normalized spacial score (nSPS) is 15.2. The fourth-order valence-corrected chi connectivity index (χ4v) is 2.53. The van der Waals surface area contributed by atoms with Gasteiger partial charge in [0.25, 0.3) is 0 Å². The number of nitrogens with zero attached hydrogens (tertiary/aromatic N) is 1. The van der Waals surface area contributed by atoms with Gasteiger partial charge < -0.3 is 10.1 Å². The number of rotatable bonds is 4. The van der Waals surface area contributed by atoms with Crippen LogP contribution in [0, 0.1) is 0 Å². The molecule has 7 heteroatoms. The van der Waals surface area contributed by atoms with Crippen molar-refractivity contribution >= 4 is 16.5 Å². The van der Waals surface area contributed by atoms with Crippen LogP contribution < -0.4 is 10.1 Å². The third-order valence-corrected chi connectivity index (χ3v) is 3.55. The maximum Gasteiger partial charge on any atom is 0.573 e. The van der Waals surface area contributed by atoms with E-state index in [0.29, 0.717) is 17.3 Å². The number of ether oxygens (including phenoxy) is 1. The Morgan fingerprint density at radius 3 is 2.80 bits per heavy atom. The number of aromatic nitrogens is 1. The second-order valence-electron chi connectivity index (χ2n) is 4.53. The summed E-state index contributed by atoms with van der Waals surface area (Å²) in [4.78, 5) is 4.37. The van der Waals surface area contributed by atoms with Gasteiger partial charge in [0.05, 0.1) is 5.69 Å². The van der Waals surface area contributed by atoms with E-state index < -0.39 is 6.36 Å². The molecule has 0 spiro atoms. The predicted octanol–water partition coefficient (Wildman–Crippen LogP) is 4.28. The molecule has 1 aromatic heterocycles. The molecule has 1 aromatic carbocycles. The number of hydrogen-bond acceptors (Lipinski definition) is 4. The lowest BCUT2D eigenvalue weighted by atomic mass is 10.2. The van der Waals surface area contributed by atoms with Gasteiger partial charge in [-0.05, 0) is 25.0 Å². The van der Waals surface area contributed by atoms with Gasteiger partial charge in [-0.2, -0.15) is 0 Å². The molecule has 0 bridgehead atoms. The van der Waals surface area contributed by atoms with Gasteiger partial charge in [0.15, 0.2) is 5.13 Å². The molecule has 1 aliphatic rings. The first-order valence-corrected chi connectivity index (χ1v) is 6.96. The molecule has 1 fully saturated rings. The van der Waals surface area contributed by atoms with Gasteiger partial charge in [-0.25, -0.2) is 4.98 Å². The summed E-state index contributed by atoms with van der Waals surface area (Å²) in [5, 5.41) is 5.87. The van der Waals surface area contributed by atoms with Gasteiger partial charge in [-0.3, -0.25) is 0 Å². The minimum absolute atomic E-state index is 0.236. The Hall–Kier alpha value is -1.76. The monoisotopic (exact) mass is 300 g/mol. The second-order valence-corrected chi connectivity index (χ2v) is 5.39. The van der Waals surface area contributed by atoms with E-state index in [1.165, 1.54) is 29.5 Å². The maximum absolute atomic E-state index is 12.2. The van der Waals surface area contributed by atoms with E-state index in [2.05, 4.69) is 15.0 Å². The Kier molecular flexibility index (Phi) is 3.29. The maximum atomic E-state index is 12.2. The molecule has 0 aliphatic heterocycles. The highest BCUT2D eigenvalue weighted by Crippen LogP contribution is 2.32. The molecule has 0 atom stereocenters. The zero-order valence-electron chi connectivity index (χ0n) is 10.3. The van der Waals surface area contributed by atoms with Crippen LogP contribution in [0.4, 0.5) is 18.3 Å². The van der Waals surface area contributed by atoms with Crippen molar-refractivity contribution in [1.29, 1.82) is 0 Å². The van der Waals surface area contributed by atoms with Crippen LogP contribution in [0.25, 0.3) is 11.3 Å². The molecule has 20 heavy (non-hydrogen) atoms. The van der Waals surface area contributed by atoms with Crippen LogP contribution >= 0.6 is 11.3 Å². The molecule has 1 aliphatic carbocycles. The Morgan fingerprint density at radius 2 is 2.10 bits per heavy atom. The number of thiazole rings is 1. The lowest BCUT2D eigenvalue weighted by Gasteiger charge is -2.09. The molecule has 1 N–H and O–H groups in total. The number of benzene rings is 1. The number of nitrogens with one attached hydrogen (secondary N) is 1. The van der Waals surface area contributed by atoms with E-state index in [0.717, 1.165) is 18.0 Å². The van der Waals surface area contributed by atoms with Crippen molar-refractivity contribution in [2.75, 3.05) is 5.32 Å². The second kappa shape index (κ2) is 4.97. The van der Waals surface area contributed by atoms with E-state index in [1.54, 1.807) is 6.07 Å². The van der Waals surface area contributed by atoms with Gasteiger partial charge in [0.2, 0.25) is 0 Å². The molecule has 0 amide bonds. The fourth-order valence-electron chi connectivity index (χ4n) is 1.73. The van der Waals surface area contributed by atoms with Gasteiger partial charge in [-0.1, -0.05) is 12.1 Å². The first kappa shape index (κ1) is 13.2. The molecule has 0 saturated heterocycles. The number of hydrogen-bond donors (Lipinski definition) is 1. The molecule has 3 rings (SSSR count). The van der Waals surface area contributed by atoms with Crippen molar-refractivity contribution < 1.29 is 17.9 Å². The van der Waals surface area contributed by atoms with Crippen LogP contribution in [0.5, 0.6) is 5.75 Å². The van der Waals surface area contributed by atoms with Crippen LogP contribution in [0.3, 0.4) is 0 Å². The fraction of sp³-hybridized carbons (Fsp3) is 0.308. The Morgan fingerprint density at radius 1 is 1.30 bits per heavy atom. The summed E-state index contributed by atoms with van der Waals surface area (Å²) in [7, 11) is 0. The average Bonchev–Trinajstić information content (AvgIpc) is 3.03. The smallest absolute Gasteiger partial charge is 0.406 e. The molecule has 0 unspecified atom stereocenters. The Balaban J connectivity index is 1.78. The molecular weight excluding hydrogens is 289 g/mol. The number of alkyl halides is 3. The van der Waals surface area contributed by atoms with Crippen molar-refractivity contribution in [3.63, 3.8) is 0 Å². The van der Waals surface area contributed by atoms with Crippen LogP contribution in [-0.4, -0.2) is 17.4 Å². The van der Waals surface area contributed by atoms with Gasteiger partial charge >= 0.3 is 6.36 Å². The summed E-state index contributed by atoms with van der Waals surface area (Å²) >= 11 is 1.45. The van der Waals surface area contributed by atoms with E-state index in [9.17, 15) is 13.2 Å². The number of anilines is 1. The standard InChI is InChI=1S/C13H11F3N2OS/c14-13(15,16)19-10-3-1-2-8(6-10)11-7-20-12(18-11)17-9-4-5-9/h1-3,6-7,9H,4-5H2,(H,17,18). The summed E-state index contributed by atoms with van der Waals surface area (Å²) in [6.07, 6.45) is -2.40. The van der Waals surface area contributed by atoms with E-state index >= 15 is 0 Å². The van der Waals surface area contributed by atoms with Gasteiger partial charge in [-0.15, -0.1) is 24.5 Å². The summed E-state index contributed by atoms with van der Waals surface area (Å²) in [6, 6.07) is 6.33. The molecule has 106 valence electrons. The van der Waals surface area contributed by atoms with Crippen LogP contribution in [-0.2, 0) is 0 Å². The molecular formula is C13H11F3N2OS. The summed E-state index contributed by atoms with van der Waals surface area (Å²) < 4.78 is 40.5. The van der Waals surface area contributed by atoms with Crippen molar-refractivity contribution in [2.45, 2.75) is 25.2 Å². The molecule has 1 saturated carbocycles. The first-order chi connectivity index (χ1) is 9.49. The molecule has 0 radical (unpaired) electrons. The zero-order chi connectivity index (χ0) is 14.2. The quantitative estimate of drug-likeness (QED) is 0.915. The SMILES string of the molecule is FC(F)(F)Oc1cccc(-c2csc(NC3CC3)n2)c1. The Labute approximate surface area is 117 Å². The highest BCUT2D eigenvalue weighted by atomic mass is 32.1. The molecule has 1 heterocycles. The lowest BCUT2D eigenvalue weighted by molar-refractivity contribution is -0.274. The molecule has 3 nitrogen and oxygen atoms in total. The highest BCUT2D eigenvalue weighted by molar-refractivity contribution is 7.14. The summed E-state index contributed by atoms with van der Waals surface area (Å²) in [5.74, 6) is -0.236. The summed E-state index contributed by atoms with van der Waals surface area (Å²) in [5.41, 5.74) is 1.25. The van der Waals surface area contributed by atoms with Crippen molar-refractivity contribution in [3.8, 4) is 17.0 Å². The van der Waals surface area contributed by atoms with Crippen molar-refractivity contribution in [3.05, 3.63) is 29.6 Å². The largest absolute Gasteiger partial charge is 0.573 e. The van der Waals surface area contributed by atoms with Gasteiger partial charge in [0.1, 0.15) is 5.75 Å². The average molecular weight is 300 g/mol. The van der Waals surface area contributed by atoms with Crippen LogP contribution in [0.15, 0.2) is 29.6 Å². The number of halogens is 3. The Bertz CT molecular complexity index is 608. The van der Waals surface area contributed by atoms with Gasteiger partial charge in [0, 0.05) is 17.0 Å². The minimum atomic E-state index is -4.68. The third-order valence-electron chi connectivity index (χ3n) is 2.77. The minimum Gasteiger partial charge on any atom is -0.406 e. The predicted molar refractivity (Wildman–Crippen MR) is 70.9 cm³/mol. The van der Waals surface area contributed by atoms with E-state index in [4.69, 9.17) is 0 Å². The first-order valence-electron chi connectivity index (χ1n) is 6.08. The summed E-state index contributed by atoms with van der Waals surface area (Å²) in [6.45, 7) is 0. The van der Waals surface area contributed by atoms with E-state index in [1.807, 2.05) is 5.38 Å². The van der Waals surface area contributed by atoms with Crippen molar-refractivity contribution in [1.82, 2.24) is 4.98 Å². The topological polar surface area (TPSA) is 34.1 Å². The van der Waals surface area contributed by atoms with E-state index in [-0.39, 0.29) is 5.75 Å². The van der Waals surface area contributed by atoms with Crippen LogP contribution in [0.1, 0.15) is 12.8 Å². The van der Waals surface area contributed by atoms with Crippen molar-refractivity contribution in [2.24, 2.45) is 0 Å². The van der Waals surface area contributed by atoms with Crippen LogP contribution in [0.2, 0.25) is 0 Å². The highest BCUT2D eigenvalue weighted by Gasteiger charge is 2.31. The lowest BCUT2D eigenvalue weighted by Crippen LogP contribution is -2.17. The zero-order valence-corrected chi connectivity index (χ0v) is 11.1.